The van der Waals surface area contributed by atoms with E-state index in [1.165, 1.54) is 6.38 Å². The highest BCUT2D eigenvalue weighted by Gasteiger charge is 2.24. The summed E-state index contributed by atoms with van der Waals surface area (Å²) in [6, 6.07) is 6.68. The number of nitrogens with two attached hydrogens (primary N) is 1. The van der Waals surface area contributed by atoms with Crippen LogP contribution >= 0.6 is 11.6 Å². The number of rotatable bonds is 2. The lowest BCUT2D eigenvalue weighted by atomic mass is 10.1. The van der Waals surface area contributed by atoms with Gasteiger partial charge in [0.1, 0.15) is 0 Å². The van der Waals surface area contributed by atoms with Crippen molar-refractivity contribution >= 4 is 23.5 Å². The molecule has 1 fully saturated rings. The van der Waals surface area contributed by atoms with E-state index < -0.39 is 11.9 Å². The van der Waals surface area contributed by atoms with Crippen molar-refractivity contribution in [1.29, 1.82) is 0 Å². The topological polar surface area (TPSA) is 91.2 Å². The quantitative estimate of drug-likeness (QED) is 0.719. The molecule has 20 heavy (non-hydrogen) atoms. The first-order chi connectivity index (χ1) is 9.50. The van der Waals surface area contributed by atoms with Crippen molar-refractivity contribution in [3.8, 4) is 0 Å². The van der Waals surface area contributed by atoms with Gasteiger partial charge in [-0.25, -0.2) is 9.59 Å². The van der Waals surface area contributed by atoms with Gasteiger partial charge in [-0.05, 0) is 19.1 Å². The Morgan fingerprint density at radius 3 is 2.25 bits per heavy atom. The molecule has 2 rings (SSSR count). The van der Waals surface area contributed by atoms with Gasteiger partial charge < -0.3 is 15.5 Å². The minimum absolute atomic E-state index is 0.144. The van der Waals surface area contributed by atoms with E-state index in [1.54, 1.807) is 18.2 Å². The summed E-state index contributed by atoms with van der Waals surface area (Å²) >= 11 is 4.64. The number of quaternary nitrogens is 1. The maximum Gasteiger partial charge on any atom is 0.362 e. The third-order valence-corrected chi connectivity index (χ3v) is 2.75. The average Bonchev–Trinajstić information content (AvgIpc) is 2.96. The highest BCUT2D eigenvalue weighted by atomic mass is 35.5. The molecule has 0 amide bonds. The van der Waals surface area contributed by atoms with Crippen LogP contribution in [0.25, 0.3) is 0 Å². The molecule has 1 aromatic rings. The second kappa shape index (κ2) is 10.2. The van der Waals surface area contributed by atoms with Gasteiger partial charge in [0, 0.05) is 19.2 Å². The first kappa shape index (κ1) is 18.4. The Hall–Kier alpha value is -1.59. The van der Waals surface area contributed by atoms with Crippen molar-refractivity contribution in [3.63, 3.8) is 0 Å². The monoisotopic (exact) mass is 302 g/mol. The van der Waals surface area contributed by atoms with E-state index in [2.05, 4.69) is 11.6 Å². The summed E-state index contributed by atoms with van der Waals surface area (Å²) in [6.07, 6.45) is 3.37. The molecule has 0 radical (unpaired) electrons. The van der Waals surface area contributed by atoms with Crippen LogP contribution in [0.3, 0.4) is 0 Å². The fourth-order valence-electron chi connectivity index (χ4n) is 1.78. The molecule has 1 atom stereocenters. The van der Waals surface area contributed by atoms with Crippen LogP contribution in [0.1, 0.15) is 28.8 Å². The summed E-state index contributed by atoms with van der Waals surface area (Å²) < 4.78 is 0. The van der Waals surface area contributed by atoms with Crippen LogP contribution in [0.5, 0.6) is 0 Å². The molecule has 1 aliphatic heterocycles. The van der Waals surface area contributed by atoms with Crippen molar-refractivity contribution in [3.05, 3.63) is 35.4 Å². The van der Waals surface area contributed by atoms with Gasteiger partial charge in [-0.3, -0.25) is 0 Å². The molecule has 0 bridgehead atoms. The first-order valence-electron chi connectivity index (χ1n) is 6.24. The fourth-order valence-corrected chi connectivity index (χ4v) is 1.78. The highest BCUT2D eigenvalue weighted by molar-refractivity contribution is 6.15. The largest absolute Gasteiger partial charge is 0.478 e. The van der Waals surface area contributed by atoms with Crippen LogP contribution in [0.2, 0.25) is 0 Å². The predicted molar refractivity (Wildman–Crippen MR) is 77.4 cm³/mol. The molecule has 0 saturated carbocycles. The van der Waals surface area contributed by atoms with Crippen molar-refractivity contribution in [1.82, 2.24) is 0 Å². The number of hydrogen-bond acceptors (Lipinski definition) is 2. The molecule has 1 aromatic carbocycles. The number of aromatic carboxylic acids is 1. The maximum absolute atomic E-state index is 10.4. The van der Waals surface area contributed by atoms with E-state index >= 15 is 0 Å². The minimum atomic E-state index is -0.872. The number of benzene rings is 1. The Balaban J connectivity index is 0.000000327. The van der Waals surface area contributed by atoms with Gasteiger partial charge in [-0.15, -0.1) is 11.6 Å². The van der Waals surface area contributed by atoms with E-state index in [-0.39, 0.29) is 6.04 Å². The van der Waals surface area contributed by atoms with Crippen molar-refractivity contribution in [2.45, 2.75) is 25.8 Å². The van der Waals surface area contributed by atoms with Gasteiger partial charge in [-0.1, -0.05) is 17.7 Å². The van der Waals surface area contributed by atoms with Crippen molar-refractivity contribution in [2.24, 2.45) is 0 Å². The summed E-state index contributed by atoms with van der Waals surface area (Å²) in [4.78, 5) is 20.5. The van der Waals surface area contributed by atoms with Crippen LogP contribution < -0.4 is 5.32 Å². The highest BCUT2D eigenvalue weighted by Crippen LogP contribution is 2.02. The number of alkyl halides is 1. The van der Waals surface area contributed by atoms with Gasteiger partial charge in [-0.2, -0.15) is 0 Å². The van der Waals surface area contributed by atoms with E-state index in [9.17, 15) is 9.59 Å². The van der Waals surface area contributed by atoms with Gasteiger partial charge >= 0.3 is 11.9 Å². The maximum atomic E-state index is 10.4. The van der Waals surface area contributed by atoms with E-state index in [0.717, 1.165) is 24.9 Å². The molecule has 4 N–H and O–H groups in total. The SMILES string of the molecule is CCl.Cc1cccc(C(=O)O)c1.O=C(O)[C@@H]1CCC[NH2+]1. The number of aryl methyl sites for hydroxylation is 1. The number of halogens is 1. The van der Waals surface area contributed by atoms with E-state index in [1.807, 2.05) is 18.3 Å². The zero-order chi connectivity index (χ0) is 15.5. The standard InChI is InChI=1S/C8H8O2.C5H9NO2.CH3Cl/c1-6-3-2-4-7(5-6)8(9)10;7-5(8)4-2-1-3-6-4;1-2/h2-5H,1H3,(H,9,10);4,6H,1-3H2,(H,7,8);1H3/p+1/t;4-;/m.0./s1. The molecular weight excluding hydrogens is 282 g/mol. The smallest absolute Gasteiger partial charge is 0.362 e. The fraction of sp³-hybridized carbons (Fsp3) is 0.429. The van der Waals surface area contributed by atoms with Crippen LogP contribution in [-0.2, 0) is 4.79 Å². The zero-order valence-corrected chi connectivity index (χ0v) is 12.4. The number of aliphatic carboxylic acids is 1. The summed E-state index contributed by atoms with van der Waals surface area (Å²) in [6.45, 7) is 2.85. The summed E-state index contributed by atoms with van der Waals surface area (Å²) in [5.41, 5.74) is 1.32. The zero-order valence-electron chi connectivity index (χ0n) is 11.7. The molecule has 0 aliphatic carbocycles. The second-order valence-electron chi connectivity index (χ2n) is 4.29. The van der Waals surface area contributed by atoms with Gasteiger partial charge in [0.25, 0.3) is 0 Å². The lowest BCUT2D eigenvalue weighted by molar-refractivity contribution is -0.658. The predicted octanol–water partition coefficient (Wildman–Crippen LogP) is 1.35. The van der Waals surface area contributed by atoms with Crippen LogP contribution in [-0.4, -0.2) is 41.1 Å². The summed E-state index contributed by atoms with van der Waals surface area (Å²) in [5.74, 6) is -1.54. The number of carboxylic acid groups (broad SMARTS) is 2. The second-order valence-corrected chi connectivity index (χ2v) is 4.29. The molecule has 1 saturated heterocycles. The number of carboxylic acids is 2. The normalized spacial score (nSPS) is 16.2. The Labute approximate surface area is 123 Å². The van der Waals surface area contributed by atoms with Gasteiger partial charge in [0.15, 0.2) is 6.04 Å². The first-order valence-corrected chi connectivity index (χ1v) is 7.00. The molecule has 112 valence electrons. The Kier molecular flexibility index (Phi) is 9.41. The number of carbonyl (C=O) groups is 2. The Morgan fingerprint density at radius 1 is 1.30 bits per heavy atom. The molecular formula is C14H21ClNO4+. The molecule has 0 aromatic heterocycles. The lowest BCUT2D eigenvalue weighted by Gasteiger charge is -1.96. The molecule has 1 heterocycles. The minimum Gasteiger partial charge on any atom is -0.478 e. The number of hydrogen-bond donors (Lipinski definition) is 3. The van der Waals surface area contributed by atoms with Gasteiger partial charge in [0.05, 0.1) is 12.1 Å². The Bertz CT molecular complexity index is 431. The Morgan fingerprint density at radius 2 is 1.95 bits per heavy atom. The van der Waals surface area contributed by atoms with Gasteiger partial charge in [0.2, 0.25) is 0 Å². The van der Waals surface area contributed by atoms with Crippen molar-refractivity contribution in [2.75, 3.05) is 12.9 Å². The molecule has 0 spiro atoms. The van der Waals surface area contributed by atoms with Crippen molar-refractivity contribution < 1.29 is 25.1 Å². The van der Waals surface area contributed by atoms with Crippen LogP contribution in [0.4, 0.5) is 0 Å². The molecule has 1 aliphatic rings. The lowest BCUT2D eigenvalue weighted by Crippen LogP contribution is -2.88. The van der Waals surface area contributed by atoms with E-state index in [0.29, 0.717) is 5.56 Å². The third-order valence-electron chi connectivity index (χ3n) is 2.75. The third kappa shape index (κ3) is 7.11. The molecule has 5 nitrogen and oxygen atoms in total. The molecule has 6 heteroatoms. The summed E-state index contributed by atoms with van der Waals surface area (Å²) in [7, 11) is 0. The van der Waals surface area contributed by atoms with E-state index in [4.69, 9.17) is 10.2 Å². The summed E-state index contributed by atoms with van der Waals surface area (Å²) in [5, 5.41) is 18.8. The molecule has 0 unspecified atom stereocenters. The van der Waals surface area contributed by atoms with Crippen LogP contribution in [0, 0.1) is 6.92 Å². The van der Waals surface area contributed by atoms with Crippen LogP contribution in [0.15, 0.2) is 24.3 Å². The average molecular weight is 303 g/mol.